The van der Waals surface area contributed by atoms with Gasteiger partial charge in [-0.1, -0.05) is 20.8 Å². The molecule has 1 aromatic rings. The van der Waals surface area contributed by atoms with E-state index in [1.165, 1.54) is 5.56 Å². The Balaban J connectivity index is 1.46. The first-order valence-corrected chi connectivity index (χ1v) is 8.93. The third-order valence-corrected chi connectivity index (χ3v) is 5.38. The lowest BCUT2D eigenvalue weighted by Crippen LogP contribution is -2.52. The fourth-order valence-corrected chi connectivity index (χ4v) is 3.37. The molecule has 1 aliphatic carbocycles. The normalized spacial score (nSPS) is 26.5. The first-order chi connectivity index (χ1) is 11.3. The first kappa shape index (κ1) is 17.4. The lowest BCUT2D eigenvalue weighted by molar-refractivity contribution is -0.134. The zero-order valence-corrected chi connectivity index (χ0v) is 15.3. The number of piperazine rings is 1. The summed E-state index contributed by atoms with van der Waals surface area (Å²) >= 11 is 0. The van der Waals surface area contributed by atoms with Crippen molar-refractivity contribution in [2.75, 3.05) is 32.7 Å². The second-order valence-electron chi connectivity index (χ2n) is 8.40. The summed E-state index contributed by atoms with van der Waals surface area (Å²) in [6.45, 7) is 10.1. The van der Waals surface area contributed by atoms with E-state index in [1.807, 2.05) is 24.3 Å². The topological polar surface area (TPSA) is 61.6 Å². The molecule has 0 radical (unpaired) electrons. The lowest BCUT2D eigenvalue weighted by Gasteiger charge is -2.38. The van der Waals surface area contributed by atoms with E-state index in [4.69, 9.17) is 0 Å². The maximum atomic E-state index is 12.7. The van der Waals surface area contributed by atoms with Gasteiger partial charge in [-0.15, -0.1) is 0 Å². The number of amides is 1. The Kier molecular flexibility index (Phi) is 4.71. The Bertz CT molecular complexity index is 584. The summed E-state index contributed by atoms with van der Waals surface area (Å²) in [4.78, 5) is 16.9. The molecule has 1 aliphatic heterocycles. The number of aliphatic hydroxyl groups is 1. The number of carbonyl (C=O) groups is 1. The van der Waals surface area contributed by atoms with Crippen LogP contribution in [0.15, 0.2) is 12.4 Å². The molecule has 2 heterocycles. The number of aromatic nitrogens is 2. The number of carbonyl (C=O) groups excluding carboxylic acids is 1. The maximum Gasteiger partial charge on any atom is 0.226 e. The van der Waals surface area contributed by atoms with Crippen molar-refractivity contribution in [3.05, 3.63) is 18.0 Å². The van der Waals surface area contributed by atoms with Gasteiger partial charge in [0.1, 0.15) is 0 Å². The van der Waals surface area contributed by atoms with E-state index in [0.29, 0.717) is 18.4 Å². The molecule has 3 unspecified atom stereocenters. The Morgan fingerprint density at radius 3 is 2.54 bits per heavy atom. The molecular weight excluding hydrogens is 304 g/mol. The molecule has 24 heavy (non-hydrogen) atoms. The number of aryl methyl sites for hydroxylation is 1. The van der Waals surface area contributed by atoms with Gasteiger partial charge >= 0.3 is 0 Å². The Labute approximate surface area is 144 Å². The number of β-amino-alcohol motifs (C(OH)–C–C–N with tert-alkyl or cyclic N) is 1. The van der Waals surface area contributed by atoms with Gasteiger partial charge in [-0.05, 0) is 23.3 Å². The summed E-state index contributed by atoms with van der Waals surface area (Å²) in [5.41, 5.74) is 1.08. The van der Waals surface area contributed by atoms with E-state index in [1.54, 1.807) is 4.68 Å². The van der Waals surface area contributed by atoms with Crippen molar-refractivity contribution in [1.82, 2.24) is 19.6 Å². The van der Waals surface area contributed by atoms with Crippen LogP contribution in [0.3, 0.4) is 0 Å². The molecule has 1 aromatic heterocycles. The molecule has 2 aliphatic rings. The van der Waals surface area contributed by atoms with Gasteiger partial charge in [0.25, 0.3) is 0 Å². The van der Waals surface area contributed by atoms with Crippen LogP contribution in [0.4, 0.5) is 0 Å². The smallest absolute Gasteiger partial charge is 0.226 e. The van der Waals surface area contributed by atoms with Crippen molar-refractivity contribution in [3.63, 3.8) is 0 Å². The number of hydrogen-bond donors (Lipinski definition) is 1. The van der Waals surface area contributed by atoms with Crippen LogP contribution in [0.2, 0.25) is 0 Å². The molecular formula is C18H30N4O2. The van der Waals surface area contributed by atoms with Crippen LogP contribution in [0.5, 0.6) is 0 Å². The van der Waals surface area contributed by atoms with E-state index in [0.717, 1.165) is 32.6 Å². The molecule has 1 saturated carbocycles. The molecule has 1 amide bonds. The lowest BCUT2D eigenvalue weighted by atomic mass is 9.89. The molecule has 3 rings (SSSR count). The van der Waals surface area contributed by atoms with Crippen molar-refractivity contribution in [2.24, 2.45) is 18.4 Å². The Morgan fingerprint density at radius 2 is 2.00 bits per heavy atom. The number of rotatable bonds is 4. The fourth-order valence-electron chi connectivity index (χ4n) is 3.37. The van der Waals surface area contributed by atoms with Crippen LogP contribution in [-0.2, 0) is 11.8 Å². The zero-order valence-electron chi connectivity index (χ0n) is 15.3. The predicted molar refractivity (Wildman–Crippen MR) is 92.5 cm³/mol. The standard InChI is InChI=1S/C18H30N4O2/c1-18(2,3)16(23)12-21-5-7-22(8-6-21)17(24)15-9-14(15)13-10-19-20(4)11-13/h10-11,14-16,23H,5-9,12H2,1-4H3. The van der Waals surface area contributed by atoms with Gasteiger partial charge in [0.05, 0.1) is 12.3 Å². The van der Waals surface area contributed by atoms with Crippen LogP contribution >= 0.6 is 0 Å². The minimum Gasteiger partial charge on any atom is -0.391 e. The molecule has 0 aromatic carbocycles. The van der Waals surface area contributed by atoms with E-state index in [-0.39, 0.29) is 17.4 Å². The second kappa shape index (κ2) is 6.48. The highest BCUT2D eigenvalue weighted by molar-refractivity contribution is 5.83. The van der Waals surface area contributed by atoms with Gasteiger partial charge < -0.3 is 10.0 Å². The summed E-state index contributed by atoms with van der Waals surface area (Å²) < 4.78 is 1.80. The summed E-state index contributed by atoms with van der Waals surface area (Å²) in [6.07, 6.45) is 4.51. The van der Waals surface area contributed by atoms with Crippen molar-refractivity contribution >= 4 is 5.91 Å². The van der Waals surface area contributed by atoms with Gasteiger partial charge in [0.2, 0.25) is 5.91 Å². The van der Waals surface area contributed by atoms with Crippen LogP contribution in [0, 0.1) is 11.3 Å². The van der Waals surface area contributed by atoms with Gasteiger partial charge in [-0.3, -0.25) is 14.4 Å². The molecule has 1 saturated heterocycles. The largest absolute Gasteiger partial charge is 0.391 e. The van der Waals surface area contributed by atoms with Crippen LogP contribution in [-0.4, -0.2) is 69.4 Å². The highest BCUT2D eigenvalue weighted by Crippen LogP contribution is 2.48. The fraction of sp³-hybridized carbons (Fsp3) is 0.778. The summed E-state index contributed by atoms with van der Waals surface area (Å²) in [5.74, 6) is 0.785. The van der Waals surface area contributed by atoms with Crippen LogP contribution in [0.1, 0.15) is 38.7 Å². The molecule has 6 heteroatoms. The minimum absolute atomic E-state index is 0.0993. The first-order valence-electron chi connectivity index (χ1n) is 8.93. The molecule has 3 atom stereocenters. The highest BCUT2D eigenvalue weighted by Gasteiger charge is 2.46. The average Bonchev–Trinajstić information content (AvgIpc) is 3.21. The van der Waals surface area contributed by atoms with E-state index in [9.17, 15) is 9.90 Å². The summed E-state index contributed by atoms with van der Waals surface area (Å²) in [7, 11) is 1.91. The Hall–Kier alpha value is -1.40. The minimum atomic E-state index is -0.335. The van der Waals surface area contributed by atoms with Crippen molar-refractivity contribution < 1.29 is 9.90 Å². The average molecular weight is 334 g/mol. The summed E-state index contributed by atoms with van der Waals surface area (Å²) in [5, 5.41) is 14.4. The van der Waals surface area contributed by atoms with Crippen molar-refractivity contribution in [3.8, 4) is 0 Å². The molecule has 134 valence electrons. The second-order valence-corrected chi connectivity index (χ2v) is 8.40. The molecule has 2 fully saturated rings. The molecule has 0 spiro atoms. The summed E-state index contributed by atoms with van der Waals surface area (Å²) in [6, 6.07) is 0. The highest BCUT2D eigenvalue weighted by atomic mass is 16.3. The van der Waals surface area contributed by atoms with Crippen molar-refractivity contribution in [2.45, 2.75) is 39.2 Å². The van der Waals surface area contributed by atoms with Gasteiger partial charge in [-0.25, -0.2) is 0 Å². The Morgan fingerprint density at radius 1 is 1.33 bits per heavy atom. The SMILES string of the molecule is Cn1cc(C2CC2C(=O)N2CCN(CC(O)C(C)(C)C)CC2)cn1. The quantitative estimate of drug-likeness (QED) is 0.895. The van der Waals surface area contributed by atoms with Gasteiger partial charge in [0, 0.05) is 51.9 Å². The van der Waals surface area contributed by atoms with E-state index >= 15 is 0 Å². The third-order valence-electron chi connectivity index (χ3n) is 5.38. The van der Waals surface area contributed by atoms with E-state index < -0.39 is 0 Å². The maximum absolute atomic E-state index is 12.7. The molecule has 6 nitrogen and oxygen atoms in total. The number of hydrogen-bond acceptors (Lipinski definition) is 4. The third kappa shape index (κ3) is 3.81. The van der Waals surface area contributed by atoms with Gasteiger partial charge in [0.15, 0.2) is 0 Å². The monoisotopic (exact) mass is 334 g/mol. The van der Waals surface area contributed by atoms with Crippen LogP contribution < -0.4 is 0 Å². The molecule has 1 N–H and O–H groups in total. The van der Waals surface area contributed by atoms with E-state index in [2.05, 4.69) is 30.8 Å². The van der Waals surface area contributed by atoms with Gasteiger partial charge in [-0.2, -0.15) is 5.10 Å². The number of nitrogens with zero attached hydrogens (tertiary/aromatic N) is 4. The number of aliphatic hydroxyl groups excluding tert-OH is 1. The van der Waals surface area contributed by atoms with Crippen molar-refractivity contribution in [1.29, 1.82) is 0 Å². The molecule has 0 bridgehead atoms. The zero-order chi connectivity index (χ0) is 17.5. The van der Waals surface area contributed by atoms with Crippen LogP contribution in [0.25, 0.3) is 0 Å². The predicted octanol–water partition coefficient (Wildman–Crippen LogP) is 1.07.